The number of aromatic nitrogens is 1. The van der Waals surface area contributed by atoms with Crippen LogP contribution in [0.25, 0.3) is 32.6 Å². The van der Waals surface area contributed by atoms with Crippen molar-refractivity contribution in [1.29, 1.82) is 0 Å². The molecule has 5 aromatic rings. The Hall–Kier alpha value is -4.19. The third-order valence-corrected chi connectivity index (χ3v) is 6.38. The van der Waals surface area contributed by atoms with Gasteiger partial charge in [-0.3, -0.25) is 4.79 Å². The second kappa shape index (κ2) is 10.6. The molecule has 0 amide bonds. The van der Waals surface area contributed by atoms with E-state index in [1.54, 1.807) is 7.11 Å². The molecule has 0 bridgehead atoms. The number of carbonyl (C=O) groups is 1. The van der Waals surface area contributed by atoms with E-state index in [0.29, 0.717) is 13.2 Å². The van der Waals surface area contributed by atoms with Crippen LogP contribution in [0.3, 0.4) is 0 Å². The number of aliphatic carboxylic acids is 1. The van der Waals surface area contributed by atoms with Crippen molar-refractivity contribution in [3.63, 3.8) is 0 Å². The van der Waals surface area contributed by atoms with E-state index in [4.69, 9.17) is 14.2 Å². The first-order chi connectivity index (χ1) is 17.6. The summed E-state index contributed by atoms with van der Waals surface area (Å²) in [4.78, 5) is 11.4. The van der Waals surface area contributed by atoms with Crippen molar-refractivity contribution in [2.75, 3.05) is 20.3 Å². The highest BCUT2D eigenvalue weighted by molar-refractivity contribution is 6.08. The van der Waals surface area contributed by atoms with E-state index in [0.717, 1.165) is 69.1 Å². The minimum atomic E-state index is -0.866. The van der Waals surface area contributed by atoms with Crippen molar-refractivity contribution >= 4 is 38.5 Å². The number of unbranched alkanes of at least 4 members (excludes halogenated alkanes) is 2. The van der Waals surface area contributed by atoms with Gasteiger partial charge in [-0.2, -0.15) is 0 Å². The highest BCUT2D eigenvalue weighted by Gasteiger charge is 2.13. The molecule has 0 atom stereocenters. The molecule has 1 heterocycles. The van der Waals surface area contributed by atoms with Crippen LogP contribution in [0.5, 0.6) is 17.2 Å². The zero-order valence-corrected chi connectivity index (χ0v) is 20.3. The molecule has 0 radical (unpaired) electrons. The summed E-state index contributed by atoms with van der Waals surface area (Å²) >= 11 is 0. The van der Waals surface area contributed by atoms with Crippen molar-refractivity contribution in [3.8, 4) is 17.2 Å². The lowest BCUT2D eigenvalue weighted by Crippen LogP contribution is -2.08. The van der Waals surface area contributed by atoms with E-state index in [2.05, 4.69) is 6.07 Å². The molecule has 0 unspecified atom stereocenters. The summed E-state index contributed by atoms with van der Waals surface area (Å²) in [5, 5.41) is 13.7. The lowest BCUT2D eigenvalue weighted by molar-refractivity contribution is -0.137. The van der Waals surface area contributed by atoms with Crippen LogP contribution in [0, 0.1) is 0 Å². The summed E-state index contributed by atoms with van der Waals surface area (Å²) in [6, 6.07) is 25.9. The van der Waals surface area contributed by atoms with Crippen molar-refractivity contribution in [2.24, 2.45) is 0 Å². The van der Waals surface area contributed by atoms with Gasteiger partial charge in [0, 0.05) is 22.4 Å². The Morgan fingerprint density at radius 2 is 1.33 bits per heavy atom. The number of methoxy groups -OCH3 is 1. The average Bonchev–Trinajstić information content (AvgIpc) is 3.20. The van der Waals surface area contributed by atoms with Crippen LogP contribution < -0.4 is 14.2 Å². The summed E-state index contributed by atoms with van der Waals surface area (Å²) in [5.74, 6) is 1.60. The van der Waals surface area contributed by atoms with Gasteiger partial charge in [-0.25, -0.2) is 0 Å². The van der Waals surface area contributed by atoms with Crippen molar-refractivity contribution < 1.29 is 24.1 Å². The molecular formula is C30H29NO5. The smallest absolute Gasteiger partial charge is 0.323 e. The molecule has 1 N–H and O–H groups in total. The Morgan fingerprint density at radius 1 is 0.722 bits per heavy atom. The number of carboxylic acids is 1. The molecule has 0 fully saturated rings. The second-order valence-corrected chi connectivity index (χ2v) is 8.81. The lowest BCUT2D eigenvalue weighted by atomic mass is 10.1. The predicted molar refractivity (Wildman–Crippen MR) is 142 cm³/mol. The monoisotopic (exact) mass is 483 g/mol. The third kappa shape index (κ3) is 5.08. The Balaban J connectivity index is 1.12. The van der Waals surface area contributed by atoms with Gasteiger partial charge in [0.05, 0.1) is 25.8 Å². The Kier molecular flexibility index (Phi) is 6.94. The van der Waals surface area contributed by atoms with E-state index in [-0.39, 0.29) is 6.54 Å². The van der Waals surface area contributed by atoms with Crippen molar-refractivity contribution in [2.45, 2.75) is 25.8 Å². The van der Waals surface area contributed by atoms with Crippen LogP contribution in [0.2, 0.25) is 0 Å². The van der Waals surface area contributed by atoms with Crippen LogP contribution in [0.1, 0.15) is 19.3 Å². The van der Waals surface area contributed by atoms with E-state index in [1.165, 1.54) is 0 Å². The van der Waals surface area contributed by atoms with Gasteiger partial charge >= 0.3 is 5.97 Å². The van der Waals surface area contributed by atoms with E-state index < -0.39 is 5.97 Å². The van der Waals surface area contributed by atoms with Gasteiger partial charge in [0.2, 0.25) is 0 Å². The highest BCUT2D eigenvalue weighted by atomic mass is 16.5. The molecule has 0 spiro atoms. The van der Waals surface area contributed by atoms with Crippen molar-refractivity contribution in [3.05, 3.63) is 78.9 Å². The normalized spacial score (nSPS) is 11.2. The molecule has 0 aliphatic carbocycles. The maximum atomic E-state index is 11.4. The first-order valence-electron chi connectivity index (χ1n) is 12.2. The van der Waals surface area contributed by atoms with E-state index in [1.807, 2.05) is 77.4 Å². The maximum absolute atomic E-state index is 11.4. The number of carboxylic acid groups (broad SMARTS) is 1. The molecule has 6 heteroatoms. The number of para-hydroxylation sites is 1. The van der Waals surface area contributed by atoms with Gasteiger partial charge in [0.15, 0.2) is 0 Å². The fourth-order valence-corrected chi connectivity index (χ4v) is 4.60. The number of nitrogens with zero attached hydrogens (tertiary/aromatic N) is 1. The summed E-state index contributed by atoms with van der Waals surface area (Å²) in [6.45, 7) is 1.17. The Morgan fingerprint density at radius 3 is 2.06 bits per heavy atom. The number of benzene rings is 4. The topological polar surface area (TPSA) is 69.9 Å². The summed E-state index contributed by atoms with van der Waals surface area (Å²) < 4.78 is 19.0. The van der Waals surface area contributed by atoms with Crippen LogP contribution in [-0.4, -0.2) is 36.0 Å². The van der Waals surface area contributed by atoms with Crippen molar-refractivity contribution in [1.82, 2.24) is 4.57 Å². The first kappa shape index (κ1) is 23.5. The first-order valence-corrected chi connectivity index (χ1v) is 12.2. The zero-order chi connectivity index (χ0) is 24.9. The molecule has 0 saturated heterocycles. The van der Waals surface area contributed by atoms with Crippen LogP contribution in [0.15, 0.2) is 78.9 Å². The summed E-state index contributed by atoms with van der Waals surface area (Å²) in [7, 11) is 1.67. The number of hydrogen-bond donors (Lipinski definition) is 1. The number of fused-ring (bicyclic) bond motifs is 4. The fourth-order valence-electron chi connectivity index (χ4n) is 4.60. The highest BCUT2D eigenvalue weighted by Crippen LogP contribution is 2.31. The second-order valence-electron chi connectivity index (χ2n) is 8.81. The van der Waals surface area contributed by atoms with E-state index >= 15 is 0 Å². The molecule has 0 saturated carbocycles. The summed E-state index contributed by atoms with van der Waals surface area (Å²) in [5.41, 5.74) is 1.79. The van der Waals surface area contributed by atoms with Crippen LogP contribution >= 0.6 is 0 Å². The van der Waals surface area contributed by atoms with Crippen LogP contribution in [-0.2, 0) is 11.3 Å². The number of hydrogen-bond acceptors (Lipinski definition) is 4. The lowest BCUT2D eigenvalue weighted by Gasteiger charge is -2.09. The fraction of sp³-hybridized carbons (Fsp3) is 0.233. The average molecular weight is 484 g/mol. The van der Waals surface area contributed by atoms with Gasteiger partial charge in [-0.1, -0.05) is 30.3 Å². The van der Waals surface area contributed by atoms with Gasteiger partial charge in [-0.05, 0) is 72.5 Å². The molecular weight excluding hydrogens is 454 g/mol. The molecule has 0 aliphatic rings. The standard InChI is InChI=1S/C30H29NO5/c1-34-23-11-9-22-18-24(12-10-21(22)17-23)35-15-5-2-6-16-36-25-13-14-27-26-7-3-4-8-28(26)31(20-30(32)33)29(27)19-25/h3-4,7-14,17-19H,2,5-6,15-16,20H2,1H3,(H,32,33). The molecule has 1 aromatic heterocycles. The zero-order valence-electron chi connectivity index (χ0n) is 20.3. The minimum absolute atomic E-state index is 0.0845. The van der Waals surface area contributed by atoms with Crippen LogP contribution in [0.4, 0.5) is 0 Å². The molecule has 4 aromatic carbocycles. The van der Waals surface area contributed by atoms with Gasteiger partial charge in [0.25, 0.3) is 0 Å². The molecule has 0 aliphatic heterocycles. The maximum Gasteiger partial charge on any atom is 0.323 e. The van der Waals surface area contributed by atoms with Gasteiger partial charge < -0.3 is 23.9 Å². The quantitative estimate of drug-likeness (QED) is 0.213. The molecule has 184 valence electrons. The molecule has 36 heavy (non-hydrogen) atoms. The van der Waals surface area contributed by atoms with Gasteiger partial charge in [0.1, 0.15) is 23.8 Å². The largest absolute Gasteiger partial charge is 0.497 e. The van der Waals surface area contributed by atoms with E-state index in [9.17, 15) is 9.90 Å². The number of rotatable bonds is 11. The molecule has 6 nitrogen and oxygen atoms in total. The minimum Gasteiger partial charge on any atom is -0.497 e. The predicted octanol–water partition coefficient (Wildman–Crippen LogP) is 6.67. The Bertz CT molecular complexity index is 1520. The Labute approximate surface area is 209 Å². The van der Waals surface area contributed by atoms with Gasteiger partial charge in [-0.15, -0.1) is 0 Å². The SMILES string of the molecule is COc1ccc2cc(OCCCCCOc3ccc4c5ccccc5n(CC(=O)O)c4c3)ccc2c1. The number of ether oxygens (including phenoxy) is 3. The molecule has 5 rings (SSSR count). The third-order valence-electron chi connectivity index (χ3n) is 6.38. The summed E-state index contributed by atoms with van der Waals surface area (Å²) in [6.07, 6.45) is 2.85.